The maximum atomic E-state index is 14.4. The minimum absolute atomic E-state index is 0.0804. The van der Waals surface area contributed by atoms with Gasteiger partial charge in [0.15, 0.2) is 5.65 Å². The smallest absolute Gasteiger partial charge is 0.245 e. The Morgan fingerprint density at radius 2 is 1.90 bits per heavy atom. The largest absolute Gasteiger partial charge is 0.494 e. The first-order valence-electron chi connectivity index (χ1n) is 16.0. The normalized spacial score (nSPS) is 19.6. The van der Waals surface area contributed by atoms with Crippen LogP contribution in [0.2, 0.25) is 0 Å². The predicted octanol–water partition coefficient (Wildman–Crippen LogP) is 3.62. The zero-order chi connectivity index (χ0) is 33.8. The number of halogens is 1. The molecule has 1 unspecified atom stereocenters. The second-order valence-electron chi connectivity index (χ2n) is 12.3. The van der Waals surface area contributed by atoms with Gasteiger partial charge < -0.3 is 29.2 Å². The summed E-state index contributed by atoms with van der Waals surface area (Å²) in [6.07, 6.45) is 5.00. The molecule has 4 aromatic heterocycles. The minimum atomic E-state index is -0.575. The number of anilines is 2. The number of ether oxygens (including phenoxy) is 2. The average molecular weight is 664 g/mol. The van der Waals surface area contributed by atoms with Crippen LogP contribution in [0.25, 0.3) is 39.0 Å². The number of benzene rings is 2. The first-order chi connectivity index (χ1) is 23.8. The van der Waals surface area contributed by atoms with E-state index in [1.165, 1.54) is 25.6 Å². The fourth-order valence-electron chi connectivity index (χ4n) is 7.02. The lowest BCUT2D eigenvalue weighted by Gasteiger charge is -2.30. The molecule has 3 atom stereocenters. The van der Waals surface area contributed by atoms with Gasteiger partial charge in [0, 0.05) is 51.1 Å². The Morgan fingerprint density at radius 1 is 1.02 bits per heavy atom. The quantitative estimate of drug-likeness (QED) is 0.296. The number of carbonyl (C=O) groups excluding carboxylic acids is 1. The highest BCUT2D eigenvalue weighted by Crippen LogP contribution is 2.35. The summed E-state index contributed by atoms with van der Waals surface area (Å²) >= 11 is 0. The first kappa shape index (κ1) is 30.6. The van der Waals surface area contributed by atoms with Crippen molar-refractivity contribution < 1.29 is 18.7 Å². The Morgan fingerprint density at radius 3 is 2.73 bits per heavy atom. The van der Waals surface area contributed by atoms with Crippen molar-refractivity contribution in [2.24, 2.45) is 0 Å². The second kappa shape index (κ2) is 12.1. The number of hydrogen-bond donors (Lipinski definition) is 1. The van der Waals surface area contributed by atoms with Gasteiger partial charge in [-0.1, -0.05) is 12.1 Å². The number of likely N-dealkylation sites (N-methyl/N-ethyl adjacent to an activating group) is 1. The van der Waals surface area contributed by atoms with E-state index in [1.54, 1.807) is 42.2 Å². The zero-order valence-corrected chi connectivity index (χ0v) is 27.4. The van der Waals surface area contributed by atoms with Crippen molar-refractivity contribution in [1.82, 2.24) is 44.2 Å². The van der Waals surface area contributed by atoms with Gasteiger partial charge in [0.25, 0.3) is 0 Å². The summed E-state index contributed by atoms with van der Waals surface area (Å²) in [5.74, 6) is 1.65. The molecule has 2 aliphatic heterocycles. The van der Waals surface area contributed by atoms with E-state index in [4.69, 9.17) is 19.4 Å². The van der Waals surface area contributed by atoms with Crippen LogP contribution in [0.3, 0.4) is 0 Å². The van der Waals surface area contributed by atoms with Crippen molar-refractivity contribution in [2.45, 2.75) is 38.1 Å². The summed E-state index contributed by atoms with van der Waals surface area (Å²) < 4.78 is 29.2. The van der Waals surface area contributed by atoms with Gasteiger partial charge in [0.2, 0.25) is 11.9 Å². The number of carbonyl (C=O) groups is 1. The Hall–Kier alpha value is -5.70. The molecule has 1 amide bonds. The summed E-state index contributed by atoms with van der Waals surface area (Å²) in [6.45, 7) is 3.25. The van der Waals surface area contributed by atoms with Crippen LogP contribution in [0.5, 0.6) is 5.75 Å². The molecule has 0 aliphatic carbocycles. The average Bonchev–Trinajstić information content (AvgIpc) is 3.82. The van der Waals surface area contributed by atoms with E-state index in [9.17, 15) is 9.18 Å². The lowest BCUT2D eigenvalue weighted by atomic mass is 10.1. The molecule has 2 aromatic carbocycles. The molecular weight excluding hydrogens is 629 g/mol. The summed E-state index contributed by atoms with van der Waals surface area (Å²) in [5.41, 5.74) is 4.52. The SMILES string of the molecule is COc1cc(F)ccc1-n1ncc2c(N3C[C@@H]4C[C@H]3C(=O)N(C)CC(OC)Cn3c(C)nc5cccc(c53)-c3ccnc(n3)N4)ncnc21. The van der Waals surface area contributed by atoms with Crippen LogP contribution in [-0.4, -0.2) is 103 Å². The van der Waals surface area contributed by atoms with E-state index in [0.29, 0.717) is 60.3 Å². The summed E-state index contributed by atoms with van der Waals surface area (Å²) in [6, 6.07) is 11.4. The van der Waals surface area contributed by atoms with Crippen LogP contribution in [0.4, 0.5) is 16.2 Å². The van der Waals surface area contributed by atoms with Crippen molar-refractivity contribution in [3.05, 3.63) is 72.8 Å². The molecule has 0 saturated carbocycles. The Labute approximate surface area is 280 Å². The summed E-state index contributed by atoms with van der Waals surface area (Å²) in [4.78, 5) is 41.6. The predicted molar refractivity (Wildman–Crippen MR) is 180 cm³/mol. The third kappa shape index (κ3) is 5.26. The highest BCUT2D eigenvalue weighted by Gasteiger charge is 2.41. The molecular formula is C34H34FN11O3. The Bertz CT molecular complexity index is 2220. The number of nitrogens with zero attached hydrogens (tertiary/aromatic N) is 10. The molecule has 6 aromatic rings. The van der Waals surface area contributed by atoms with Gasteiger partial charge in [-0.05, 0) is 37.6 Å². The van der Waals surface area contributed by atoms with Crippen molar-refractivity contribution in [2.75, 3.05) is 44.6 Å². The number of hydrogen-bond acceptors (Lipinski definition) is 11. The summed E-state index contributed by atoms with van der Waals surface area (Å²) in [7, 11) is 4.94. The van der Waals surface area contributed by atoms with Crippen LogP contribution in [0, 0.1) is 12.7 Å². The standard InChI is InChI=1S/C34H34FN11O3/c1-19-40-26-7-5-6-23-25-10-11-36-34(42-25)41-21-13-28(33(47)43(2)16-22(48-3)17-44(19)30(23)26)45(15-21)31-24-14-39-46(32(24)38-18-37-31)27-9-8-20(35)12-29(27)49-4/h5-12,14,18,21-22,28H,13,15-17H2,1-4H3,(H,36,41,42)/t21-,22?,28-/m0/s1. The van der Waals surface area contributed by atoms with Crippen LogP contribution in [-0.2, 0) is 16.1 Å². The van der Waals surface area contributed by atoms with Gasteiger partial charge in [-0.15, -0.1) is 0 Å². The monoisotopic (exact) mass is 663 g/mol. The number of methoxy groups -OCH3 is 2. The molecule has 49 heavy (non-hydrogen) atoms. The van der Waals surface area contributed by atoms with E-state index >= 15 is 0 Å². The van der Waals surface area contributed by atoms with Crippen molar-refractivity contribution in [1.29, 1.82) is 0 Å². The maximum absolute atomic E-state index is 14.4. The van der Waals surface area contributed by atoms with Crippen molar-refractivity contribution in [3.63, 3.8) is 0 Å². The lowest BCUT2D eigenvalue weighted by molar-refractivity contribution is -0.132. The number of aromatic nitrogens is 8. The van der Waals surface area contributed by atoms with Gasteiger partial charge in [0.05, 0.1) is 48.1 Å². The van der Waals surface area contributed by atoms with Crippen LogP contribution in [0.1, 0.15) is 12.2 Å². The highest BCUT2D eigenvalue weighted by molar-refractivity contribution is 5.93. The fourth-order valence-corrected chi connectivity index (χ4v) is 7.02. The first-order valence-corrected chi connectivity index (χ1v) is 16.0. The van der Waals surface area contributed by atoms with E-state index in [-0.39, 0.29) is 18.1 Å². The molecule has 2 aliphatic rings. The maximum Gasteiger partial charge on any atom is 0.245 e. The number of amides is 1. The van der Waals surface area contributed by atoms with Gasteiger partial charge in [-0.2, -0.15) is 5.10 Å². The van der Waals surface area contributed by atoms with Gasteiger partial charge >= 0.3 is 0 Å². The molecule has 14 nitrogen and oxygen atoms in total. The van der Waals surface area contributed by atoms with Gasteiger partial charge in [-0.3, -0.25) is 4.79 Å². The molecule has 1 saturated heterocycles. The van der Waals surface area contributed by atoms with E-state index in [2.05, 4.69) is 29.9 Å². The van der Waals surface area contributed by atoms with E-state index in [0.717, 1.165) is 28.1 Å². The topological polar surface area (TPSA) is 141 Å². The molecule has 8 rings (SSSR count). The minimum Gasteiger partial charge on any atom is -0.494 e. The number of aryl methyl sites for hydroxylation is 1. The molecule has 4 bridgehead atoms. The number of fused-ring (bicyclic) bond motifs is 6. The van der Waals surface area contributed by atoms with Crippen LogP contribution in [0.15, 0.2) is 61.2 Å². The van der Waals surface area contributed by atoms with Crippen LogP contribution < -0.4 is 15.0 Å². The van der Waals surface area contributed by atoms with Crippen LogP contribution >= 0.6 is 0 Å². The third-order valence-electron chi connectivity index (χ3n) is 9.37. The van der Waals surface area contributed by atoms with Crippen molar-refractivity contribution in [3.8, 4) is 22.7 Å². The summed E-state index contributed by atoms with van der Waals surface area (Å²) in [5, 5.41) is 8.71. The fraction of sp³-hybridized carbons (Fsp3) is 0.324. The molecule has 250 valence electrons. The number of imidazole rings is 1. The zero-order valence-electron chi connectivity index (χ0n) is 27.4. The molecule has 1 fully saturated rings. The number of nitrogens with one attached hydrogen (secondary N) is 1. The Balaban J connectivity index is 1.22. The number of para-hydroxylation sites is 1. The third-order valence-corrected chi connectivity index (χ3v) is 9.37. The van der Waals surface area contributed by atoms with E-state index in [1.807, 2.05) is 36.1 Å². The van der Waals surface area contributed by atoms with Gasteiger partial charge in [0.1, 0.15) is 41.3 Å². The molecule has 1 N–H and O–H groups in total. The Kier molecular flexibility index (Phi) is 7.55. The second-order valence-corrected chi connectivity index (χ2v) is 12.3. The molecule has 6 heterocycles. The molecule has 15 heteroatoms. The number of rotatable bonds is 4. The van der Waals surface area contributed by atoms with Crippen molar-refractivity contribution >= 4 is 39.7 Å². The molecule has 0 spiro atoms. The lowest BCUT2D eigenvalue weighted by Crippen LogP contribution is -2.47. The van der Waals surface area contributed by atoms with E-state index < -0.39 is 11.9 Å². The highest BCUT2D eigenvalue weighted by atomic mass is 19.1. The van der Waals surface area contributed by atoms with Gasteiger partial charge in [-0.25, -0.2) is 34.0 Å². The molecule has 0 radical (unpaired) electrons.